The second kappa shape index (κ2) is 9.43. The molecule has 0 radical (unpaired) electrons. The van der Waals surface area contributed by atoms with Crippen LogP contribution in [0.1, 0.15) is 30.5 Å². The Hall–Kier alpha value is -3.51. The van der Waals surface area contributed by atoms with Gasteiger partial charge in [-0.25, -0.2) is 0 Å². The van der Waals surface area contributed by atoms with E-state index in [1.807, 2.05) is 92.7 Å². The average molecular weight is 369 g/mol. The number of benzene rings is 3. The molecule has 3 heteroatoms. The maximum absolute atomic E-state index is 9.99. The van der Waals surface area contributed by atoms with Gasteiger partial charge in [0, 0.05) is 5.57 Å². The SMILES string of the molecule is CCOc1ccc(C(=C(C#N)c2ccccc2)c2ccc(OCC)cc2)cc1. The summed E-state index contributed by atoms with van der Waals surface area (Å²) in [6, 6.07) is 27.9. The van der Waals surface area contributed by atoms with Crippen LogP contribution in [-0.2, 0) is 0 Å². The predicted molar refractivity (Wildman–Crippen MR) is 113 cm³/mol. The Morgan fingerprint density at radius 1 is 0.679 bits per heavy atom. The third-order valence-electron chi connectivity index (χ3n) is 4.33. The number of ether oxygens (including phenoxy) is 2. The first-order valence-corrected chi connectivity index (χ1v) is 9.43. The molecule has 28 heavy (non-hydrogen) atoms. The Labute approximate surface area is 166 Å². The van der Waals surface area contributed by atoms with Crippen LogP contribution in [0.3, 0.4) is 0 Å². The molecule has 0 aromatic heterocycles. The van der Waals surface area contributed by atoms with Crippen molar-refractivity contribution in [3.63, 3.8) is 0 Å². The van der Waals surface area contributed by atoms with E-state index >= 15 is 0 Å². The first-order valence-electron chi connectivity index (χ1n) is 9.43. The van der Waals surface area contributed by atoms with Crippen LogP contribution in [-0.4, -0.2) is 13.2 Å². The highest BCUT2D eigenvalue weighted by atomic mass is 16.5. The molecule has 140 valence electrons. The molecule has 0 saturated carbocycles. The maximum Gasteiger partial charge on any atom is 0.119 e. The lowest BCUT2D eigenvalue weighted by Gasteiger charge is -2.14. The highest BCUT2D eigenvalue weighted by molar-refractivity contribution is 6.03. The summed E-state index contributed by atoms with van der Waals surface area (Å²) in [5.41, 5.74) is 4.34. The molecule has 3 nitrogen and oxygen atoms in total. The quantitative estimate of drug-likeness (QED) is 0.381. The van der Waals surface area contributed by atoms with E-state index in [2.05, 4.69) is 6.07 Å². The summed E-state index contributed by atoms with van der Waals surface area (Å²) in [6.07, 6.45) is 0. The van der Waals surface area contributed by atoms with Crippen molar-refractivity contribution in [1.29, 1.82) is 5.26 Å². The topological polar surface area (TPSA) is 42.2 Å². The van der Waals surface area contributed by atoms with Gasteiger partial charge in [0.15, 0.2) is 0 Å². The van der Waals surface area contributed by atoms with Crippen molar-refractivity contribution in [2.75, 3.05) is 13.2 Å². The lowest BCUT2D eigenvalue weighted by molar-refractivity contribution is 0.340. The second-order valence-electron chi connectivity index (χ2n) is 6.14. The minimum atomic E-state index is 0.619. The zero-order valence-corrected chi connectivity index (χ0v) is 16.2. The van der Waals surface area contributed by atoms with Gasteiger partial charge < -0.3 is 9.47 Å². The molecule has 0 aliphatic rings. The Kier molecular flexibility index (Phi) is 6.49. The van der Waals surface area contributed by atoms with E-state index in [0.29, 0.717) is 18.8 Å². The van der Waals surface area contributed by atoms with Crippen LogP contribution in [0.15, 0.2) is 78.9 Å². The summed E-state index contributed by atoms with van der Waals surface area (Å²) in [4.78, 5) is 0. The molecule has 0 aliphatic heterocycles. The van der Waals surface area contributed by atoms with Crippen molar-refractivity contribution in [2.45, 2.75) is 13.8 Å². The molecule has 3 rings (SSSR count). The molecule has 0 unspecified atom stereocenters. The molecule has 0 N–H and O–H groups in total. The molecule has 0 bridgehead atoms. The summed E-state index contributed by atoms with van der Waals surface area (Å²) >= 11 is 0. The van der Waals surface area contributed by atoms with Gasteiger partial charge >= 0.3 is 0 Å². The van der Waals surface area contributed by atoms with Crippen molar-refractivity contribution in [2.24, 2.45) is 0 Å². The number of nitriles is 1. The molecule has 0 heterocycles. The Morgan fingerprint density at radius 2 is 1.14 bits per heavy atom. The van der Waals surface area contributed by atoms with Gasteiger partial charge in [0.25, 0.3) is 0 Å². The molecule has 0 spiro atoms. The van der Waals surface area contributed by atoms with Gasteiger partial charge in [-0.15, -0.1) is 0 Å². The molecule has 3 aromatic rings. The van der Waals surface area contributed by atoms with Crippen molar-refractivity contribution in [3.8, 4) is 17.6 Å². The lowest BCUT2D eigenvalue weighted by atomic mass is 9.90. The Bertz CT molecular complexity index is 914. The molecular weight excluding hydrogens is 346 g/mol. The lowest BCUT2D eigenvalue weighted by Crippen LogP contribution is -1.96. The van der Waals surface area contributed by atoms with Crippen LogP contribution in [0, 0.1) is 11.3 Å². The van der Waals surface area contributed by atoms with Gasteiger partial charge in [-0.3, -0.25) is 0 Å². The van der Waals surface area contributed by atoms with Gasteiger partial charge in [0.05, 0.1) is 18.8 Å². The number of hydrogen-bond donors (Lipinski definition) is 0. The molecule has 0 amide bonds. The summed E-state index contributed by atoms with van der Waals surface area (Å²) < 4.78 is 11.1. The standard InChI is InChI=1S/C25H23NO2/c1-3-27-22-14-10-20(11-15-22)25(21-12-16-23(17-13-21)28-4-2)24(18-26)19-8-6-5-7-9-19/h5-17H,3-4H2,1-2H3. The first kappa shape index (κ1) is 19.3. The van der Waals surface area contributed by atoms with E-state index in [1.54, 1.807) is 0 Å². The Balaban J connectivity index is 2.16. The van der Waals surface area contributed by atoms with Crippen molar-refractivity contribution in [3.05, 3.63) is 95.6 Å². The van der Waals surface area contributed by atoms with Gasteiger partial charge in [0.1, 0.15) is 17.6 Å². The van der Waals surface area contributed by atoms with E-state index in [4.69, 9.17) is 9.47 Å². The van der Waals surface area contributed by atoms with Gasteiger partial charge in [-0.2, -0.15) is 5.26 Å². The smallest absolute Gasteiger partial charge is 0.119 e. The number of hydrogen-bond acceptors (Lipinski definition) is 3. The Morgan fingerprint density at radius 3 is 1.54 bits per heavy atom. The van der Waals surface area contributed by atoms with Crippen LogP contribution >= 0.6 is 0 Å². The van der Waals surface area contributed by atoms with Crippen molar-refractivity contribution in [1.82, 2.24) is 0 Å². The van der Waals surface area contributed by atoms with Gasteiger partial charge in [0.2, 0.25) is 0 Å². The third kappa shape index (κ3) is 4.42. The van der Waals surface area contributed by atoms with Crippen LogP contribution < -0.4 is 9.47 Å². The molecule has 0 atom stereocenters. The van der Waals surface area contributed by atoms with Gasteiger partial charge in [-0.1, -0.05) is 54.6 Å². The summed E-state index contributed by atoms with van der Waals surface area (Å²) in [7, 11) is 0. The summed E-state index contributed by atoms with van der Waals surface area (Å²) in [5.74, 6) is 1.63. The summed E-state index contributed by atoms with van der Waals surface area (Å²) in [5, 5.41) is 9.99. The zero-order valence-electron chi connectivity index (χ0n) is 16.2. The fourth-order valence-corrected chi connectivity index (χ4v) is 3.09. The third-order valence-corrected chi connectivity index (χ3v) is 4.33. The largest absolute Gasteiger partial charge is 0.494 e. The van der Waals surface area contributed by atoms with E-state index in [-0.39, 0.29) is 0 Å². The van der Waals surface area contributed by atoms with E-state index in [0.717, 1.165) is 33.8 Å². The van der Waals surface area contributed by atoms with Crippen LogP contribution in [0.2, 0.25) is 0 Å². The average Bonchev–Trinajstić information content (AvgIpc) is 2.75. The monoisotopic (exact) mass is 369 g/mol. The van der Waals surface area contributed by atoms with E-state index in [9.17, 15) is 5.26 Å². The highest BCUT2D eigenvalue weighted by Crippen LogP contribution is 2.33. The zero-order chi connectivity index (χ0) is 19.8. The van der Waals surface area contributed by atoms with E-state index in [1.165, 1.54) is 0 Å². The molecular formula is C25H23NO2. The number of rotatable bonds is 7. The van der Waals surface area contributed by atoms with Crippen LogP contribution in [0.25, 0.3) is 11.1 Å². The van der Waals surface area contributed by atoms with Crippen LogP contribution in [0.5, 0.6) is 11.5 Å². The van der Waals surface area contributed by atoms with E-state index < -0.39 is 0 Å². The number of nitrogens with zero attached hydrogens (tertiary/aromatic N) is 1. The molecule has 0 aliphatic carbocycles. The highest BCUT2D eigenvalue weighted by Gasteiger charge is 2.14. The summed E-state index contributed by atoms with van der Waals surface area (Å²) in [6.45, 7) is 5.16. The van der Waals surface area contributed by atoms with Crippen molar-refractivity contribution < 1.29 is 9.47 Å². The van der Waals surface area contributed by atoms with Gasteiger partial charge in [-0.05, 0) is 54.8 Å². The second-order valence-corrected chi connectivity index (χ2v) is 6.14. The maximum atomic E-state index is 9.99. The fourth-order valence-electron chi connectivity index (χ4n) is 3.09. The molecule has 0 saturated heterocycles. The molecule has 3 aromatic carbocycles. The first-order chi connectivity index (χ1) is 13.8. The van der Waals surface area contributed by atoms with Crippen molar-refractivity contribution >= 4 is 11.1 Å². The minimum absolute atomic E-state index is 0.619. The minimum Gasteiger partial charge on any atom is -0.494 e. The normalized spacial score (nSPS) is 10.0. The fraction of sp³-hybridized carbons (Fsp3) is 0.160. The van der Waals surface area contributed by atoms with Crippen LogP contribution in [0.4, 0.5) is 0 Å². The number of allylic oxidation sites excluding steroid dienone is 1. The predicted octanol–water partition coefficient (Wildman–Crippen LogP) is 5.97. The molecule has 0 fully saturated rings.